The van der Waals surface area contributed by atoms with Gasteiger partial charge in [-0.3, -0.25) is 0 Å². The Labute approximate surface area is 125 Å². The van der Waals surface area contributed by atoms with Crippen molar-refractivity contribution in [2.24, 2.45) is 0 Å². The highest BCUT2D eigenvalue weighted by Crippen LogP contribution is 2.28. The molecule has 4 heteroatoms. The largest absolute Gasteiger partial charge is 0.478 e. The van der Waals surface area contributed by atoms with Gasteiger partial charge in [-0.25, -0.2) is 4.79 Å². The Hall–Kier alpha value is -1.00. The fourth-order valence-electron chi connectivity index (χ4n) is 2.81. The first kappa shape index (κ1) is 15.4. The summed E-state index contributed by atoms with van der Waals surface area (Å²) in [6, 6.07) is 7.77. The Kier molecular flexibility index (Phi) is 5.92. The molecule has 20 heavy (non-hydrogen) atoms. The van der Waals surface area contributed by atoms with Crippen molar-refractivity contribution in [3.05, 3.63) is 35.4 Å². The molecule has 1 aliphatic rings. The predicted molar refractivity (Wildman–Crippen MR) is 84.4 cm³/mol. The number of benzene rings is 1. The second kappa shape index (κ2) is 7.70. The van der Waals surface area contributed by atoms with Gasteiger partial charge in [0, 0.05) is 17.8 Å². The van der Waals surface area contributed by atoms with Crippen molar-refractivity contribution in [3.63, 3.8) is 0 Å². The molecule has 2 rings (SSSR count). The minimum atomic E-state index is -0.857. The van der Waals surface area contributed by atoms with Gasteiger partial charge in [-0.1, -0.05) is 31.9 Å². The Morgan fingerprint density at radius 3 is 2.95 bits per heavy atom. The third kappa shape index (κ3) is 4.25. The topological polar surface area (TPSA) is 49.3 Å². The maximum atomic E-state index is 11.0. The van der Waals surface area contributed by atoms with Crippen LogP contribution in [0.25, 0.3) is 0 Å². The van der Waals surface area contributed by atoms with Crippen LogP contribution in [-0.4, -0.2) is 28.1 Å². The van der Waals surface area contributed by atoms with E-state index in [1.807, 2.05) is 23.9 Å². The highest BCUT2D eigenvalue weighted by atomic mass is 32.2. The molecule has 1 aliphatic carbocycles. The first-order chi connectivity index (χ1) is 9.70. The molecule has 0 saturated heterocycles. The van der Waals surface area contributed by atoms with Gasteiger partial charge in [0.15, 0.2) is 0 Å². The Morgan fingerprint density at radius 2 is 2.20 bits per heavy atom. The van der Waals surface area contributed by atoms with Crippen molar-refractivity contribution in [2.75, 3.05) is 5.75 Å². The van der Waals surface area contributed by atoms with E-state index in [1.165, 1.54) is 25.7 Å². The average Bonchev–Trinajstić information content (AvgIpc) is 2.47. The third-order valence-electron chi connectivity index (χ3n) is 3.83. The van der Waals surface area contributed by atoms with Gasteiger partial charge in [0.1, 0.15) is 0 Å². The number of hydrogen-bond acceptors (Lipinski definition) is 3. The van der Waals surface area contributed by atoms with Crippen molar-refractivity contribution in [2.45, 2.75) is 50.4 Å². The molecule has 0 spiro atoms. The number of thioether (sulfide) groups is 1. The van der Waals surface area contributed by atoms with Crippen molar-refractivity contribution in [1.82, 2.24) is 5.32 Å². The van der Waals surface area contributed by atoms with Gasteiger partial charge >= 0.3 is 5.97 Å². The van der Waals surface area contributed by atoms with Crippen molar-refractivity contribution >= 4 is 17.7 Å². The summed E-state index contributed by atoms with van der Waals surface area (Å²) < 4.78 is 0. The summed E-state index contributed by atoms with van der Waals surface area (Å²) in [5.74, 6) is 0.307. The van der Waals surface area contributed by atoms with E-state index in [2.05, 4.69) is 12.2 Å². The van der Waals surface area contributed by atoms with E-state index >= 15 is 0 Å². The third-order valence-corrected chi connectivity index (χ3v) is 5.15. The van der Waals surface area contributed by atoms with E-state index in [-0.39, 0.29) is 0 Å². The number of carbonyl (C=O) groups is 1. The minimum absolute atomic E-state index is 0.368. The van der Waals surface area contributed by atoms with E-state index in [0.29, 0.717) is 16.9 Å². The van der Waals surface area contributed by atoms with Crippen LogP contribution in [0.15, 0.2) is 24.3 Å². The molecule has 2 unspecified atom stereocenters. The zero-order valence-electron chi connectivity index (χ0n) is 12.0. The SMILES string of the molecule is CCSC1CCCCC1NCc1cccc(C(=O)O)c1. The molecule has 1 aromatic rings. The molecular formula is C16H23NO2S. The number of hydrogen-bond donors (Lipinski definition) is 2. The van der Waals surface area contributed by atoms with Gasteiger partial charge in [0.05, 0.1) is 5.56 Å². The van der Waals surface area contributed by atoms with Crippen LogP contribution in [0.4, 0.5) is 0 Å². The van der Waals surface area contributed by atoms with E-state index in [9.17, 15) is 4.79 Å². The van der Waals surface area contributed by atoms with Gasteiger partial charge in [-0.2, -0.15) is 11.8 Å². The molecule has 2 N–H and O–H groups in total. The lowest BCUT2D eigenvalue weighted by atomic mass is 9.94. The van der Waals surface area contributed by atoms with Crippen LogP contribution in [0.3, 0.4) is 0 Å². The van der Waals surface area contributed by atoms with Gasteiger partial charge in [0.25, 0.3) is 0 Å². The Balaban J connectivity index is 1.93. The lowest BCUT2D eigenvalue weighted by molar-refractivity contribution is 0.0696. The quantitative estimate of drug-likeness (QED) is 0.842. The highest BCUT2D eigenvalue weighted by Gasteiger charge is 2.24. The van der Waals surface area contributed by atoms with E-state index < -0.39 is 5.97 Å². The van der Waals surface area contributed by atoms with Crippen LogP contribution in [0.2, 0.25) is 0 Å². The number of rotatable bonds is 6. The molecule has 110 valence electrons. The van der Waals surface area contributed by atoms with E-state index in [4.69, 9.17) is 5.11 Å². The van der Waals surface area contributed by atoms with Crippen LogP contribution in [0.5, 0.6) is 0 Å². The van der Waals surface area contributed by atoms with Crippen molar-refractivity contribution in [3.8, 4) is 0 Å². The summed E-state index contributed by atoms with van der Waals surface area (Å²) in [4.78, 5) is 11.0. The van der Waals surface area contributed by atoms with Crippen LogP contribution in [-0.2, 0) is 6.54 Å². The maximum Gasteiger partial charge on any atom is 0.335 e. The second-order valence-corrected chi connectivity index (χ2v) is 6.79. The van der Waals surface area contributed by atoms with Crippen LogP contribution in [0, 0.1) is 0 Å². The average molecular weight is 293 g/mol. The Morgan fingerprint density at radius 1 is 1.40 bits per heavy atom. The zero-order chi connectivity index (χ0) is 14.4. The molecule has 0 radical (unpaired) electrons. The summed E-state index contributed by atoms with van der Waals surface area (Å²) in [6.45, 7) is 2.97. The summed E-state index contributed by atoms with van der Waals surface area (Å²) in [5.41, 5.74) is 1.42. The summed E-state index contributed by atoms with van der Waals surface area (Å²) in [7, 11) is 0. The highest BCUT2D eigenvalue weighted by molar-refractivity contribution is 7.99. The van der Waals surface area contributed by atoms with Crippen molar-refractivity contribution in [1.29, 1.82) is 0 Å². The number of carboxylic acid groups (broad SMARTS) is 1. The fourth-order valence-corrected chi connectivity index (χ4v) is 4.03. The van der Waals surface area contributed by atoms with Crippen LogP contribution >= 0.6 is 11.8 Å². The molecular weight excluding hydrogens is 270 g/mol. The normalized spacial score (nSPS) is 22.6. The second-order valence-electron chi connectivity index (χ2n) is 5.27. The molecule has 1 fully saturated rings. The first-order valence-corrected chi connectivity index (χ1v) is 8.42. The summed E-state index contributed by atoms with van der Waals surface area (Å²) in [6.07, 6.45) is 5.17. The van der Waals surface area contributed by atoms with E-state index in [0.717, 1.165) is 17.9 Å². The first-order valence-electron chi connectivity index (χ1n) is 7.38. The Bertz CT molecular complexity index is 448. The molecule has 1 aromatic carbocycles. The number of aromatic carboxylic acids is 1. The number of carboxylic acids is 1. The summed E-state index contributed by atoms with van der Waals surface area (Å²) in [5, 5.41) is 13.3. The molecule has 1 saturated carbocycles. The summed E-state index contributed by atoms with van der Waals surface area (Å²) >= 11 is 2.05. The lowest BCUT2D eigenvalue weighted by Crippen LogP contribution is -2.40. The van der Waals surface area contributed by atoms with Gasteiger partial charge < -0.3 is 10.4 Å². The minimum Gasteiger partial charge on any atom is -0.478 e. The molecule has 0 bridgehead atoms. The van der Waals surface area contributed by atoms with Gasteiger partial charge in [0.2, 0.25) is 0 Å². The maximum absolute atomic E-state index is 11.0. The molecule has 3 nitrogen and oxygen atoms in total. The van der Waals surface area contributed by atoms with Gasteiger partial charge in [-0.05, 0) is 36.3 Å². The monoisotopic (exact) mass is 293 g/mol. The van der Waals surface area contributed by atoms with Crippen LogP contribution < -0.4 is 5.32 Å². The molecule has 0 aromatic heterocycles. The molecule has 2 atom stereocenters. The molecule has 0 aliphatic heterocycles. The van der Waals surface area contributed by atoms with Crippen LogP contribution in [0.1, 0.15) is 48.5 Å². The smallest absolute Gasteiger partial charge is 0.335 e. The van der Waals surface area contributed by atoms with E-state index in [1.54, 1.807) is 12.1 Å². The fraction of sp³-hybridized carbons (Fsp3) is 0.562. The lowest BCUT2D eigenvalue weighted by Gasteiger charge is -2.31. The van der Waals surface area contributed by atoms with Crippen molar-refractivity contribution < 1.29 is 9.90 Å². The molecule has 0 heterocycles. The number of nitrogens with one attached hydrogen (secondary N) is 1. The van der Waals surface area contributed by atoms with Gasteiger partial charge in [-0.15, -0.1) is 0 Å². The zero-order valence-corrected chi connectivity index (χ0v) is 12.8. The predicted octanol–water partition coefficient (Wildman–Crippen LogP) is 3.54. The molecule has 0 amide bonds. The standard InChI is InChI=1S/C16H23NO2S/c1-2-20-15-9-4-3-8-14(15)17-11-12-6-5-7-13(10-12)16(18)19/h5-7,10,14-15,17H,2-4,8-9,11H2,1H3,(H,18,19).